The van der Waals surface area contributed by atoms with Crippen LogP contribution in [0.3, 0.4) is 0 Å². The first-order valence-corrected chi connectivity index (χ1v) is 7.02. The Labute approximate surface area is 140 Å². The first kappa shape index (κ1) is 18.7. The Morgan fingerprint density at radius 2 is 1.43 bits per heavy atom. The van der Waals surface area contributed by atoms with Gasteiger partial charge in [-0.05, 0) is 35.1 Å². The van der Waals surface area contributed by atoms with Gasteiger partial charge in [0.1, 0.15) is 0 Å². The number of rotatable bonds is 5. The molecule has 0 aromatic heterocycles. The Bertz CT molecular complexity index is 429. The van der Waals surface area contributed by atoms with Gasteiger partial charge in [-0.1, -0.05) is 5.56 Å². The smallest absolute Gasteiger partial charge is 0.346 e. The van der Waals surface area contributed by atoms with Crippen molar-refractivity contribution in [3.63, 3.8) is 0 Å². The molecule has 0 saturated carbocycles. The van der Waals surface area contributed by atoms with E-state index in [1.807, 2.05) is 6.92 Å². The van der Waals surface area contributed by atoms with E-state index < -0.39 is 5.79 Å². The second-order valence-corrected chi connectivity index (χ2v) is 6.04. The maximum atomic E-state index is 5.78. The Morgan fingerprint density at radius 1 is 1.00 bits per heavy atom. The van der Waals surface area contributed by atoms with Crippen molar-refractivity contribution in [2.45, 2.75) is 25.8 Å². The molecule has 0 aliphatic carbocycles. The standard InChI is InChI=1S/C16H25N2O2.Li/c1-16(19-6-7-20-16)15-9-13(11-17(2)3)8-14(10-15)12-18(4)5;/h9-10H,6-7,11-12H2,1-5H3;/q-1;+1. The van der Waals surface area contributed by atoms with E-state index in [9.17, 15) is 0 Å². The van der Waals surface area contributed by atoms with E-state index >= 15 is 0 Å². The molecular formula is C16H25LiN2O2. The summed E-state index contributed by atoms with van der Waals surface area (Å²) in [6.07, 6.45) is 0. The van der Waals surface area contributed by atoms with Gasteiger partial charge >= 0.3 is 18.9 Å². The zero-order valence-corrected chi connectivity index (χ0v) is 14.2. The summed E-state index contributed by atoms with van der Waals surface area (Å²) >= 11 is 0. The summed E-state index contributed by atoms with van der Waals surface area (Å²) in [7, 11) is 8.26. The summed E-state index contributed by atoms with van der Waals surface area (Å²) in [5, 5.41) is 0. The Morgan fingerprint density at radius 3 is 1.81 bits per heavy atom. The molecule has 2 rings (SSSR count). The first-order chi connectivity index (χ1) is 9.39. The molecule has 0 unspecified atom stereocenters. The molecule has 4 nitrogen and oxygen atoms in total. The molecule has 21 heavy (non-hydrogen) atoms. The Balaban J connectivity index is 0.00000220. The molecule has 1 aromatic rings. The Kier molecular flexibility index (Phi) is 6.93. The van der Waals surface area contributed by atoms with Crippen molar-refractivity contribution in [1.82, 2.24) is 9.80 Å². The fourth-order valence-electron chi connectivity index (χ4n) is 2.49. The van der Waals surface area contributed by atoms with E-state index in [0.29, 0.717) is 13.2 Å². The average Bonchev–Trinajstić information content (AvgIpc) is 2.75. The monoisotopic (exact) mass is 284 g/mol. The molecule has 1 aliphatic heterocycles. The second kappa shape index (κ2) is 7.78. The fraction of sp³-hybridized carbons (Fsp3) is 0.625. The van der Waals surface area contributed by atoms with Gasteiger partial charge < -0.3 is 19.3 Å². The third-order valence-corrected chi connectivity index (χ3v) is 3.32. The van der Waals surface area contributed by atoms with Crippen LogP contribution in [0.5, 0.6) is 0 Å². The van der Waals surface area contributed by atoms with Crippen LogP contribution in [-0.4, -0.2) is 51.2 Å². The van der Waals surface area contributed by atoms with Crippen LogP contribution in [0.2, 0.25) is 0 Å². The van der Waals surface area contributed by atoms with Crippen molar-refractivity contribution < 1.29 is 28.3 Å². The second-order valence-electron chi connectivity index (χ2n) is 6.04. The number of nitrogens with zero attached hydrogens (tertiary/aromatic N) is 2. The predicted molar refractivity (Wildman–Crippen MR) is 79.3 cm³/mol. The molecule has 0 amide bonds. The first-order valence-electron chi connectivity index (χ1n) is 7.02. The maximum Gasteiger partial charge on any atom is 1.00 e. The van der Waals surface area contributed by atoms with Gasteiger partial charge in [0.2, 0.25) is 0 Å². The third kappa shape index (κ3) is 5.10. The summed E-state index contributed by atoms with van der Waals surface area (Å²) in [5.74, 6) is -0.614. The van der Waals surface area contributed by atoms with Gasteiger partial charge in [-0.15, -0.1) is 11.1 Å². The van der Waals surface area contributed by atoms with E-state index in [0.717, 1.165) is 18.7 Å². The molecule has 1 heterocycles. The summed E-state index contributed by atoms with van der Waals surface area (Å²) in [6, 6.07) is 7.78. The van der Waals surface area contributed by atoms with Crippen LogP contribution in [0.1, 0.15) is 23.6 Å². The SMILES string of the molecule is CN(C)Cc1[c-]c(CN(C)C)cc(C2(C)OCCO2)c1.[Li+]. The average molecular weight is 284 g/mol. The minimum Gasteiger partial charge on any atom is -0.346 e. The van der Waals surface area contributed by atoms with E-state index in [1.54, 1.807) is 0 Å². The van der Waals surface area contributed by atoms with Gasteiger partial charge in [-0.25, -0.2) is 0 Å². The van der Waals surface area contributed by atoms with Gasteiger partial charge in [-0.3, -0.25) is 0 Å². The summed E-state index contributed by atoms with van der Waals surface area (Å²) in [4.78, 5) is 4.29. The van der Waals surface area contributed by atoms with Crippen molar-refractivity contribution in [2.75, 3.05) is 41.4 Å². The number of hydrogen-bond donors (Lipinski definition) is 0. The fourth-order valence-corrected chi connectivity index (χ4v) is 2.49. The van der Waals surface area contributed by atoms with Crippen LogP contribution in [-0.2, 0) is 28.4 Å². The van der Waals surface area contributed by atoms with Crippen LogP contribution in [0, 0.1) is 6.07 Å². The third-order valence-electron chi connectivity index (χ3n) is 3.32. The number of hydrogen-bond acceptors (Lipinski definition) is 4. The zero-order chi connectivity index (χ0) is 14.8. The van der Waals surface area contributed by atoms with E-state index in [1.165, 1.54) is 11.1 Å². The van der Waals surface area contributed by atoms with Gasteiger partial charge in [0, 0.05) is 13.1 Å². The van der Waals surface area contributed by atoms with E-state index in [4.69, 9.17) is 9.47 Å². The van der Waals surface area contributed by atoms with Crippen LogP contribution in [0.25, 0.3) is 0 Å². The molecule has 0 N–H and O–H groups in total. The molecule has 0 bridgehead atoms. The van der Waals surface area contributed by atoms with Crippen LogP contribution >= 0.6 is 0 Å². The molecule has 5 heteroatoms. The van der Waals surface area contributed by atoms with Gasteiger partial charge in [0.25, 0.3) is 0 Å². The minimum atomic E-state index is -0.614. The molecule has 1 saturated heterocycles. The van der Waals surface area contributed by atoms with E-state index in [2.05, 4.69) is 56.2 Å². The molecular weight excluding hydrogens is 259 g/mol. The molecule has 1 fully saturated rings. The van der Waals surface area contributed by atoms with Crippen molar-refractivity contribution in [3.8, 4) is 0 Å². The van der Waals surface area contributed by atoms with Crippen molar-refractivity contribution in [1.29, 1.82) is 0 Å². The van der Waals surface area contributed by atoms with Gasteiger partial charge in [-0.2, -0.15) is 18.2 Å². The largest absolute Gasteiger partial charge is 1.00 e. The molecule has 0 spiro atoms. The maximum absolute atomic E-state index is 5.78. The summed E-state index contributed by atoms with van der Waals surface area (Å²) in [5.41, 5.74) is 3.43. The minimum absolute atomic E-state index is 0. The molecule has 112 valence electrons. The Hall–Kier alpha value is -0.343. The summed E-state index contributed by atoms with van der Waals surface area (Å²) in [6.45, 7) is 5.03. The summed E-state index contributed by atoms with van der Waals surface area (Å²) < 4.78 is 11.6. The normalized spacial score (nSPS) is 17.3. The quantitative estimate of drug-likeness (QED) is 0.503. The molecule has 1 aliphatic rings. The van der Waals surface area contributed by atoms with Crippen molar-refractivity contribution in [2.24, 2.45) is 0 Å². The van der Waals surface area contributed by atoms with Crippen LogP contribution in [0.4, 0.5) is 0 Å². The predicted octanol–water partition coefficient (Wildman–Crippen LogP) is -1.17. The van der Waals surface area contributed by atoms with Crippen molar-refractivity contribution in [3.05, 3.63) is 34.9 Å². The van der Waals surface area contributed by atoms with Gasteiger partial charge in [0.15, 0.2) is 5.79 Å². The van der Waals surface area contributed by atoms with Crippen molar-refractivity contribution >= 4 is 0 Å². The number of ether oxygens (including phenoxy) is 2. The van der Waals surface area contributed by atoms with Crippen LogP contribution < -0.4 is 18.9 Å². The number of benzene rings is 1. The topological polar surface area (TPSA) is 24.9 Å². The van der Waals surface area contributed by atoms with Gasteiger partial charge in [0.05, 0.1) is 13.2 Å². The van der Waals surface area contributed by atoms with E-state index in [-0.39, 0.29) is 18.9 Å². The van der Waals surface area contributed by atoms with Crippen LogP contribution in [0.15, 0.2) is 12.1 Å². The molecule has 0 atom stereocenters. The molecule has 0 radical (unpaired) electrons. The molecule has 1 aromatic carbocycles. The zero-order valence-electron chi connectivity index (χ0n) is 14.2.